The molecule has 1 aromatic heterocycles. The molecule has 0 saturated carbocycles. The summed E-state index contributed by atoms with van der Waals surface area (Å²) in [4.78, 5) is 32.9. The Morgan fingerprint density at radius 3 is 2.45 bits per heavy atom. The van der Waals surface area contributed by atoms with E-state index in [2.05, 4.69) is 10.1 Å². The fourth-order valence-electron chi connectivity index (χ4n) is 1.34. The van der Waals surface area contributed by atoms with Gasteiger partial charge < -0.3 is 4.74 Å². The van der Waals surface area contributed by atoms with E-state index in [1.54, 1.807) is 17.5 Å². The van der Waals surface area contributed by atoms with Gasteiger partial charge in [0.25, 0.3) is 5.69 Å². The molecule has 0 radical (unpaired) electrons. The number of esters is 1. The first-order chi connectivity index (χ1) is 9.56. The Labute approximate surface area is 116 Å². The van der Waals surface area contributed by atoms with E-state index in [9.17, 15) is 19.7 Å². The van der Waals surface area contributed by atoms with Crippen LogP contribution in [0.2, 0.25) is 0 Å². The Hall–Kier alpha value is -2.74. The van der Waals surface area contributed by atoms with Crippen molar-refractivity contribution in [1.82, 2.24) is 0 Å². The van der Waals surface area contributed by atoms with Gasteiger partial charge in [0.15, 0.2) is 0 Å². The van der Waals surface area contributed by atoms with Gasteiger partial charge in [-0.15, -0.1) is 11.3 Å². The van der Waals surface area contributed by atoms with Crippen LogP contribution in [0, 0.1) is 10.1 Å². The number of anilines is 1. The van der Waals surface area contributed by atoms with Gasteiger partial charge in [0.05, 0.1) is 15.5 Å². The molecule has 2 aromatic rings. The molecule has 1 heterocycles. The maximum absolute atomic E-state index is 11.6. The summed E-state index contributed by atoms with van der Waals surface area (Å²) in [6.45, 7) is 0. The lowest BCUT2D eigenvalue weighted by molar-refractivity contribution is -0.384. The van der Waals surface area contributed by atoms with Crippen molar-refractivity contribution >= 4 is 34.1 Å². The molecule has 0 bridgehead atoms. The first-order valence-electron chi connectivity index (χ1n) is 5.37. The second-order valence-electron chi connectivity index (χ2n) is 3.58. The number of carbonyl (C=O) groups excluding carboxylic acids is 2. The molecular weight excluding hydrogens is 284 g/mol. The highest BCUT2D eigenvalue weighted by Gasteiger charge is 2.14. The van der Waals surface area contributed by atoms with E-state index >= 15 is 0 Å². The van der Waals surface area contributed by atoms with Crippen molar-refractivity contribution in [1.29, 1.82) is 0 Å². The van der Waals surface area contributed by atoms with Crippen LogP contribution in [0.25, 0.3) is 0 Å². The topological polar surface area (TPSA) is 98.5 Å². The number of thiophene rings is 1. The zero-order valence-corrected chi connectivity index (χ0v) is 10.8. The molecule has 0 fully saturated rings. The fourth-order valence-corrected chi connectivity index (χ4v) is 1.94. The third-order valence-electron chi connectivity index (χ3n) is 2.25. The number of rotatable bonds is 3. The molecule has 0 aliphatic heterocycles. The lowest BCUT2D eigenvalue weighted by Crippen LogP contribution is -2.18. The van der Waals surface area contributed by atoms with E-state index in [0.29, 0.717) is 5.00 Å². The average Bonchev–Trinajstić information content (AvgIpc) is 2.91. The van der Waals surface area contributed by atoms with Crippen molar-refractivity contribution in [3.8, 4) is 0 Å². The molecule has 102 valence electrons. The summed E-state index contributed by atoms with van der Waals surface area (Å²) in [5, 5.41) is 15.1. The van der Waals surface area contributed by atoms with Gasteiger partial charge in [-0.1, -0.05) is 0 Å². The predicted molar refractivity (Wildman–Crippen MR) is 71.8 cm³/mol. The van der Waals surface area contributed by atoms with E-state index in [1.165, 1.54) is 23.5 Å². The molecule has 2 rings (SSSR count). The van der Waals surface area contributed by atoms with Crippen molar-refractivity contribution in [2.45, 2.75) is 0 Å². The SMILES string of the molecule is O=C(Nc1cccs1)OC(=O)c1ccc([N+](=O)[O-])cc1. The van der Waals surface area contributed by atoms with Gasteiger partial charge in [-0.25, -0.2) is 9.59 Å². The lowest BCUT2D eigenvalue weighted by Gasteiger charge is -2.03. The first-order valence-corrected chi connectivity index (χ1v) is 6.25. The van der Waals surface area contributed by atoms with Crippen molar-refractivity contribution < 1.29 is 19.2 Å². The molecule has 1 aromatic carbocycles. The molecule has 0 aliphatic carbocycles. The average molecular weight is 292 g/mol. The maximum atomic E-state index is 11.6. The summed E-state index contributed by atoms with van der Waals surface area (Å²) in [7, 11) is 0. The van der Waals surface area contributed by atoms with Crippen molar-refractivity contribution in [3.63, 3.8) is 0 Å². The number of amides is 1. The van der Waals surface area contributed by atoms with Gasteiger partial charge in [0.1, 0.15) is 0 Å². The summed E-state index contributed by atoms with van der Waals surface area (Å²) in [6, 6.07) is 8.15. The van der Waals surface area contributed by atoms with Crippen LogP contribution in [-0.4, -0.2) is 17.0 Å². The number of non-ortho nitro benzene ring substituents is 1. The molecule has 0 atom stereocenters. The molecule has 0 saturated heterocycles. The van der Waals surface area contributed by atoms with Crippen LogP contribution in [0.4, 0.5) is 15.5 Å². The van der Waals surface area contributed by atoms with E-state index in [1.807, 2.05) is 0 Å². The quantitative estimate of drug-likeness (QED) is 0.405. The number of nitro benzene ring substituents is 1. The van der Waals surface area contributed by atoms with Crippen LogP contribution in [0.3, 0.4) is 0 Å². The van der Waals surface area contributed by atoms with Crippen molar-refractivity contribution in [2.75, 3.05) is 5.32 Å². The summed E-state index contributed by atoms with van der Waals surface area (Å²) in [5.74, 6) is -0.881. The molecule has 1 amide bonds. The summed E-state index contributed by atoms with van der Waals surface area (Å²) in [6.07, 6.45) is -0.907. The molecule has 8 heteroatoms. The largest absolute Gasteiger partial charge is 0.420 e. The number of ether oxygens (including phenoxy) is 1. The van der Waals surface area contributed by atoms with Crippen molar-refractivity contribution in [3.05, 3.63) is 57.5 Å². The van der Waals surface area contributed by atoms with Crippen LogP contribution >= 0.6 is 11.3 Å². The Morgan fingerprint density at radius 2 is 1.90 bits per heavy atom. The van der Waals surface area contributed by atoms with Crippen LogP contribution in [0.5, 0.6) is 0 Å². The Kier molecular flexibility index (Phi) is 4.06. The van der Waals surface area contributed by atoms with Gasteiger partial charge in [-0.2, -0.15) is 0 Å². The monoisotopic (exact) mass is 292 g/mol. The smallest absolute Gasteiger partial charge is 0.372 e. The predicted octanol–water partition coefficient (Wildman–Crippen LogP) is 3.05. The van der Waals surface area contributed by atoms with E-state index in [0.717, 1.165) is 12.1 Å². The summed E-state index contributed by atoms with van der Waals surface area (Å²) in [5.41, 5.74) is -0.0958. The van der Waals surface area contributed by atoms with Gasteiger partial charge >= 0.3 is 12.1 Å². The van der Waals surface area contributed by atoms with Gasteiger partial charge in [-0.3, -0.25) is 15.4 Å². The fraction of sp³-hybridized carbons (Fsp3) is 0. The highest BCUT2D eigenvalue weighted by atomic mass is 32.1. The molecule has 0 unspecified atom stereocenters. The van der Waals surface area contributed by atoms with Crippen LogP contribution in [-0.2, 0) is 4.74 Å². The molecule has 20 heavy (non-hydrogen) atoms. The first kappa shape index (κ1) is 13.7. The molecule has 0 spiro atoms. The van der Waals surface area contributed by atoms with Gasteiger partial charge in [0.2, 0.25) is 0 Å². The molecule has 7 nitrogen and oxygen atoms in total. The second-order valence-corrected chi connectivity index (χ2v) is 4.53. The third-order valence-corrected chi connectivity index (χ3v) is 3.03. The number of hydrogen-bond donors (Lipinski definition) is 1. The van der Waals surface area contributed by atoms with Crippen LogP contribution in [0.1, 0.15) is 10.4 Å². The second kappa shape index (κ2) is 5.93. The Morgan fingerprint density at radius 1 is 1.20 bits per heavy atom. The van der Waals surface area contributed by atoms with Gasteiger partial charge in [-0.05, 0) is 29.6 Å². The number of nitrogens with one attached hydrogen (secondary N) is 1. The summed E-state index contributed by atoms with van der Waals surface area (Å²) >= 11 is 1.28. The number of nitrogens with zero attached hydrogens (tertiary/aromatic N) is 1. The van der Waals surface area contributed by atoms with Crippen molar-refractivity contribution in [2.24, 2.45) is 0 Å². The normalized spacial score (nSPS) is 9.80. The highest BCUT2D eigenvalue weighted by Crippen LogP contribution is 2.16. The van der Waals surface area contributed by atoms with E-state index in [-0.39, 0.29) is 11.3 Å². The minimum Gasteiger partial charge on any atom is -0.372 e. The maximum Gasteiger partial charge on any atom is 0.420 e. The number of hydrogen-bond acceptors (Lipinski definition) is 6. The number of nitro groups is 1. The zero-order chi connectivity index (χ0) is 14.5. The standard InChI is InChI=1S/C12H8N2O5S/c15-11(8-3-5-9(6-4-8)14(17)18)19-12(16)13-10-2-1-7-20-10/h1-7H,(H,13,16). The Balaban J connectivity index is 1.97. The minimum atomic E-state index is -0.907. The zero-order valence-electron chi connectivity index (χ0n) is 9.94. The lowest BCUT2D eigenvalue weighted by atomic mass is 10.2. The third kappa shape index (κ3) is 3.39. The van der Waals surface area contributed by atoms with E-state index in [4.69, 9.17) is 0 Å². The van der Waals surface area contributed by atoms with Crippen LogP contribution < -0.4 is 5.32 Å². The molecular formula is C12H8N2O5S. The highest BCUT2D eigenvalue weighted by molar-refractivity contribution is 7.14. The molecule has 1 N–H and O–H groups in total. The van der Waals surface area contributed by atoms with E-state index < -0.39 is 17.0 Å². The number of carbonyl (C=O) groups is 2. The summed E-state index contributed by atoms with van der Waals surface area (Å²) < 4.78 is 4.56. The van der Waals surface area contributed by atoms with Gasteiger partial charge in [0, 0.05) is 12.1 Å². The van der Waals surface area contributed by atoms with Crippen LogP contribution in [0.15, 0.2) is 41.8 Å². The Bertz CT molecular complexity index is 636. The number of benzene rings is 1. The minimum absolute atomic E-state index is 0.0527. The molecule has 0 aliphatic rings.